The minimum Gasteiger partial charge on any atom is -0.341 e. The third-order valence-electron chi connectivity index (χ3n) is 5.20. The molecule has 0 atom stereocenters. The number of halogens is 1. The van der Waals surface area contributed by atoms with E-state index in [4.69, 9.17) is 0 Å². The van der Waals surface area contributed by atoms with Crippen LogP contribution in [0.4, 0.5) is 4.39 Å². The molecule has 3 aromatic carbocycles. The highest BCUT2D eigenvalue weighted by Gasteiger charge is 2.24. The minimum atomic E-state index is -4.06. The van der Waals surface area contributed by atoms with E-state index in [1.54, 1.807) is 22.8 Å². The lowest BCUT2D eigenvalue weighted by Crippen LogP contribution is -2.20. The van der Waals surface area contributed by atoms with E-state index in [1.165, 1.54) is 30.5 Å². The molecule has 4 nitrogen and oxygen atoms in total. The molecule has 0 saturated carbocycles. The Morgan fingerprint density at radius 1 is 0.933 bits per heavy atom. The summed E-state index contributed by atoms with van der Waals surface area (Å²) in [6.07, 6.45) is 1.37. The van der Waals surface area contributed by atoms with Crippen LogP contribution in [0.1, 0.15) is 16.7 Å². The maximum Gasteiger partial charge on any atom is 0.211 e. The molecule has 0 amide bonds. The van der Waals surface area contributed by atoms with Crippen molar-refractivity contribution >= 4 is 20.7 Å². The molecule has 0 saturated heterocycles. The lowest BCUT2D eigenvalue weighted by atomic mass is 10.1. The van der Waals surface area contributed by atoms with E-state index in [1.807, 2.05) is 32.0 Å². The van der Waals surface area contributed by atoms with Crippen molar-refractivity contribution in [2.75, 3.05) is 0 Å². The largest absolute Gasteiger partial charge is 0.341 e. The van der Waals surface area contributed by atoms with Gasteiger partial charge in [-0.1, -0.05) is 42.0 Å². The Morgan fingerprint density at radius 3 is 2.40 bits per heavy atom. The summed E-state index contributed by atoms with van der Waals surface area (Å²) in [6, 6.07) is 17.7. The zero-order valence-electron chi connectivity index (χ0n) is 16.6. The molecular weight excluding hydrogens is 401 g/mol. The molecule has 0 spiro atoms. The molecule has 4 aromatic rings. The van der Waals surface area contributed by atoms with Crippen LogP contribution >= 0.6 is 0 Å². The van der Waals surface area contributed by atoms with Crippen LogP contribution in [0.3, 0.4) is 0 Å². The quantitative estimate of drug-likeness (QED) is 0.482. The van der Waals surface area contributed by atoms with Crippen LogP contribution in [-0.2, 0) is 16.4 Å². The number of rotatable bonds is 4. The summed E-state index contributed by atoms with van der Waals surface area (Å²) in [5.74, 6) is -0.591. The second-order valence-corrected chi connectivity index (χ2v) is 9.28. The number of hydrogen-bond acceptors (Lipinski definition) is 3. The second-order valence-electron chi connectivity index (χ2n) is 7.36. The molecule has 0 bridgehead atoms. The molecule has 152 valence electrons. The fourth-order valence-corrected chi connectivity index (χ4v) is 4.94. The van der Waals surface area contributed by atoms with E-state index >= 15 is 0 Å². The molecule has 0 aliphatic heterocycles. The molecule has 0 N–H and O–H groups in total. The number of hydrogen-bond donors (Lipinski definition) is 0. The smallest absolute Gasteiger partial charge is 0.211 e. The summed E-state index contributed by atoms with van der Waals surface area (Å²) >= 11 is 0. The predicted molar refractivity (Wildman–Crippen MR) is 115 cm³/mol. The SMILES string of the molecule is Cc1ccc(C)c(Cn2cc(S(=O)(=O)c3ccccc3)c(=O)c3cc(F)ccc32)c1. The van der Waals surface area contributed by atoms with Crippen LogP contribution in [-0.4, -0.2) is 13.0 Å². The monoisotopic (exact) mass is 421 g/mol. The van der Waals surface area contributed by atoms with Gasteiger partial charge in [0.2, 0.25) is 15.3 Å². The predicted octanol–water partition coefficient (Wildman–Crippen LogP) is 4.64. The Kier molecular flexibility index (Phi) is 5.03. The van der Waals surface area contributed by atoms with E-state index < -0.39 is 21.1 Å². The summed E-state index contributed by atoms with van der Waals surface area (Å²) in [5, 5.41) is 0.0392. The van der Waals surface area contributed by atoms with E-state index in [9.17, 15) is 17.6 Å². The van der Waals surface area contributed by atoms with E-state index in [2.05, 4.69) is 0 Å². The molecule has 0 unspecified atom stereocenters. The molecule has 30 heavy (non-hydrogen) atoms. The van der Waals surface area contributed by atoms with Gasteiger partial charge in [-0.15, -0.1) is 0 Å². The third kappa shape index (κ3) is 3.55. The Bertz CT molecular complexity index is 1420. The second kappa shape index (κ2) is 7.54. The van der Waals surface area contributed by atoms with Gasteiger partial charge in [-0.2, -0.15) is 0 Å². The van der Waals surface area contributed by atoms with Gasteiger partial charge in [-0.05, 0) is 55.3 Å². The maximum absolute atomic E-state index is 13.9. The molecular formula is C24H20FNO3S. The van der Waals surface area contributed by atoms with Gasteiger partial charge < -0.3 is 4.57 Å². The summed E-state index contributed by atoms with van der Waals surface area (Å²) < 4.78 is 42.1. The van der Waals surface area contributed by atoms with Gasteiger partial charge in [0.25, 0.3) is 0 Å². The number of aryl methyl sites for hydroxylation is 2. The van der Waals surface area contributed by atoms with E-state index in [0.717, 1.165) is 22.8 Å². The van der Waals surface area contributed by atoms with Crippen LogP contribution in [0.25, 0.3) is 10.9 Å². The highest BCUT2D eigenvalue weighted by molar-refractivity contribution is 7.91. The number of benzene rings is 3. The summed E-state index contributed by atoms with van der Waals surface area (Å²) in [6.45, 7) is 4.31. The zero-order chi connectivity index (χ0) is 21.5. The summed E-state index contributed by atoms with van der Waals surface area (Å²) in [7, 11) is -4.06. The number of aromatic nitrogens is 1. The van der Waals surface area contributed by atoms with Crippen LogP contribution in [0.5, 0.6) is 0 Å². The average Bonchev–Trinajstić information content (AvgIpc) is 2.73. The Balaban J connectivity index is 2.00. The van der Waals surface area contributed by atoms with Crippen molar-refractivity contribution in [3.05, 3.63) is 106 Å². The molecule has 1 heterocycles. The Labute approximate surface area is 174 Å². The first-order valence-corrected chi connectivity index (χ1v) is 10.9. The standard InChI is InChI=1S/C24H20FNO3S/c1-16-8-9-17(2)18(12-16)14-26-15-23(30(28,29)20-6-4-3-5-7-20)24(27)21-13-19(25)10-11-22(21)26/h3-13,15H,14H2,1-2H3. The first-order chi connectivity index (χ1) is 14.3. The van der Waals surface area contributed by atoms with Crippen molar-refractivity contribution < 1.29 is 12.8 Å². The van der Waals surface area contributed by atoms with Crippen LogP contribution in [0.2, 0.25) is 0 Å². The summed E-state index contributed by atoms with van der Waals surface area (Å²) in [4.78, 5) is 12.7. The topological polar surface area (TPSA) is 56.1 Å². The minimum absolute atomic E-state index is 0.0242. The summed E-state index contributed by atoms with van der Waals surface area (Å²) in [5.41, 5.74) is 2.89. The van der Waals surface area contributed by atoms with Crippen molar-refractivity contribution in [2.24, 2.45) is 0 Å². The Morgan fingerprint density at radius 2 is 1.67 bits per heavy atom. The number of nitrogens with zero attached hydrogens (tertiary/aromatic N) is 1. The van der Waals surface area contributed by atoms with Crippen molar-refractivity contribution in [1.82, 2.24) is 4.57 Å². The van der Waals surface area contributed by atoms with E-state index in [-0.39, 0.29) is 15.2 Å². The van der Waals surface area contributed by atoms with Crippen molar-refractivity contribution in [1.29, 1.82) is 0 Å². The average molecular weight is 421 g/mol. The van der Waals surface area contributed by atoms with Crippen molar-refractivity contribution in [3.63, 3.8) is 0 Å². The number of fused-ring (bicyclic) bond motifs is 1. The number of sulfone groups is 1. The lowest BCUT2D eigenvalue weighted by molar-refractivity contribution is 0.593. The Hall–Kier alpha value is -3.25. The highest BCUT2D eigenvalue weighted by atomic mass is 32.2. The fourth-order valence-electron chi connectivity index (χ4n) is 3.55. The van der Waals surface area contributed by atoms with Crippen LogP contribution in [0.15, 0.2) is 87.5 Å². The molecule has 0 radical (unpaired) electrons. The van der Waals surface area contributed by atoms with Crippen molar-refractivity contribution in [2.45, 2.75) is 30.2 Å². The third-order valence-corrected chi connectivity index (χ3v) is 6.96. The molecule has 6 heteroatoms. The van der Waals surface area contributed by atoms with Crippen molar-refractivity contribution in [3.8, 4) is 0 Å². The first-order valence-electron chi connectivity index (χ1n) is 9.46. The van der Waals surface area contributed by atoms with Gasteiger partial charge in [0.15, 0.2) is 0 Å². The maximum atomic E-state index is 13.9. The molecule has 0 fully saturated rings. The van der Waals surface area contributed by atoms with Gasteiger partial charge in [0, 0.05) is 18.1 Å². The normalized spacial score (nSPS) is 11.7. The first kappa shape index (κ1) is 20.0. The molecule has 0 aliphatic carbocycles. The zero-order valence-corrected chi connectivity index (χ0v) is 17.4. The molecule has 0 aliphatic rings. The van der Waals surface area contributed by atoms with Gasteiger partial charge in [-0.3, -0.25) is 4.79 Å². The lowest BCUT2D eigenvalue weighted by Gasteiger charge is -2.16. The van der Waals surface area contributed by atoms with Gasteiger partial charge in [0.1, 0.15) is 10.7 Å². The van der Waals surface area contributed by atoms with Crippen LogP contribution in [0, 0.1) is 19.7 Å². The fraction of sp³-hybridized carbons (Fsp3) is 0.125. The van der Waals surface area contributed by atoms with E-state index in [0.29, 0.717) is 12.1 Å². The highest BCUT2D eigenvalue weighted by Crippen LogP contribution is 2.23. The molecule has 1 aromatic heterocycles. The van der Waals surface area contributed by atoms with Gasteiger partial charge in [0.05, 0.1) is 10.4 Å². The van der Waals surface area contributed by atoms with Gasteiger partial charge >= 0.3 is 0 Å². The van der Waals surface area contributed by atoms with Crippen LogP contribution < -0.4 is 5.43 Å². The molecule has 4 rings (SSSR count). The number of pyridine rings is 1. The van der Waals surface area contributed by atoms with Gasteiger partial charge in [-0.25, -0.2) is 12.8 Å².